The van der Waals surface area contributed by atoms with Crippen LogP contribution >= 0.6 is 0 Å². The van der Waals surface area contributed by atoms with Gasteiger partial charge in [0.2, 0.25) is 5.91 Å². The second-order valence-electron chi connectivity index (χ2n) is 7.90. The maximum atomic E-state index is 12.7. The fourth-order valence-corrected chi connectivity index (χ4v) is 5.56. The van der Waals surface area contributed by atoms with Crippen LogP contribution in [0, 0.1) is 5.92 Å². The number of para-hydroxylation sites is 1. The van der Waals surface area contributed by atoms with E-state index < -0.39 is 10.0 Å². The van der Waals surface area contributed by atoms with E-state index in [1.54, 1.807) is 24.3 Å². The molecule has 4 rings (SSSR count). The van der Waals surface area contributed by atoms with Crippen LogP contribution in [0.2, 0.25) is 0 Å². The number of carbonyl (C=O) groups excluding carboxylic acids is 1. The largest absolute Gasteiger partial charge is 0.342 e. The van der Waals surface area contributed by atoms with Crippen molar-refractivity contribution in [3.05, 3.63) is 24.3 Å². The first-order valence-corrected chi connectivity index (χ1v) is 11.7. The number of fused-ring (bicyclic) bond motifs is 1. The highest BCUT2D eigenvalue weighted by Gasteiger charge is 2.32. The smallest absolute Gasteiger partial charge is 0.286 e. The predicted octanol–water partition coefficient (Wildman–Crippen LogP) is 2.31. The number of amidine groups is 1. The highest BCUT2D eigenvalue weighted by atomic mass is 32.2. The Labute approximate surface area is 166 Å². The second-order valence-corrected chi connectivity index (χ2v) is 9.48. The second kappa shape index (κ2) is 8.21. The number of anilines is 1. The van der Waals surface area contributed by atoms with Crippen molar-refractivity contribution in [2.24, 2.45) is 10.3 Å². The van der Waals surface area contributed by atoms with E-state index >= 15 is 0 Å². The summed E-state index contributed by atoms with van der Waals surface area (Å²) in [6.07, 6.45) is 5.68. The summed E-state index contributed by atoms with van der Waals surface area (Å²) in [5.74, 6) is 0.566. The zero-order valence-electron chi connectivity index (χ0n) is 16.1. The third-order valence-electron chi connectivity index (χ3n) is 5.87. The molecule has 7 nitrogen and oxygen atoms in total. The van der Waals surface area contributed by atoms with Crippen molar-refractivity contribution in [3.63, 3.8) is 0 Å². The van der Waals surface area contributed by atoms with Gasteiger partial charge < -0.3 is 15.1 Å². The number of amides is 1. The number of sulfonamides is 1. The summed E-state index contributed by atoms with van der Waals surface area (Å²) >= 11 is 0. The average Bonchev–Trinajstić information content (AvgIpc) is 3.21. The minimum absolute atomic E-state index is 0.0700. The van der Waals surface area contributed by atoms with Crippen LogP contribution in [0.5, 0.6) is 0 Å². The number of benzene rings is 1. The Bertz CT molecular complexity index is 862. The third kappa shape index (κ3) is 4.22. The van der Waals surface area contributed by atoms with Crippen LogP contribution < -0.4 is 5.32 Å². The molecule has 3 aliphatic rings. The lowest BCUT2D eigenvalue weighted by molar-refractivity contribution is -0.132. The topological polar surface area (TPSA) is 82.1 Å². The molecule has 1 atom stereocenters. The Kier molecular flexibility index (Phi) is 5.68. The lowest BCUT2D eigenvalue weighted by Gasteiger charge is -2.34. The molecular formula is C20H28N4O3S. The van der Waals surface area contributed by atoms with Gasteiger partial charge in [0.05, 0.1) is 5.69 Å². The van der Waals surface area contributed by atoms with Gasteiger partial charge in [-0.05, 0) is 63.9 Å². The van der Waals surface area contributed by atoms with Crippen molar-refractivity contribution < 1.29 is 13.2 Å². The van der Waals surface area contributed by atoms with Gasteiger partial charge in [0, 0.05) is 25.4 Å². The van der Waals surface area contributed by atoms with Crippen LogP contribution in [0.3, 0.4) is 0 Å². The Morgan fingerprint density at radius 2 is 1.93 bits per heavy atom. The molecule has 2 fully saturated rings. The molecule has 0 spiro atoms. The van der Waals surface area contributed by atoms with Crippen LogP contribution in [0.4, 0.5) is 5.69 Å². The summed E-state index contributed by atoms with van der Waals surface area (Å²) in [6.45, 7) is 4.58. The van der Waals surface area contributed by atoms with Crippen LogP contribution in [0.15, 0.2) is 33.6 Å². The SMILES string of the molecule is O=C(CCCN1CCCC1)N1CCC[C@@H](C2=NS(=O)(=O)c3ccccc3N2)C1. The molecule has 1 aromatic rings. The summed E-state index contributed by atoms with van der Waals surface area (Å²) in [4.78, 5) is 17.2. The number of nitrogens with one attached hydrogen (secondary N) is 1. The van der Waals surface area contributed by atoms with Gasteiger partial charge in [-0.1, -0.05) is 12.1 Å². The molecule has 0 saturated carbocycles. The van der Waals surface area contributed by atoms with Crippen LogP contribution in [-0.4, -0.2) is 62.7 Å². The van der Waals surface area contributed by atoms with Crippen LogP contribution in [0.1, 0.15) is 38.5 Å². The number of nitrogens with zero attached hydrogens (tertiary/aromatic N) is 3. The summed E-state index contributed by atoms with van der Waals surface area (Å²) in [7, 11) is -3.69. The molecule has 1 aromatic carbocycles. The lowest BCUT2D eigenvalue weighted by atomic mass is 9.96. The first-order valence-electron chi connectivity index (χ1n) is 10.2. The van der Waals surface area contributed by atoms with Crippen molar-refractivity contribution in [1.29, 1.82) is 0 Å². The summed E-state index contributed by atoms with van der Waals surface area (Å²) in [6, 6.07) is 6.82. The molecule has 3 heterocycles. The Morgan fingerprint density at radius 1 is 1.14 bits per heavy atom. The summed E-state index contributed by atoms with van der Waals surface area (Å²) < 4.78 is 29.0. The highest BCUT2D eigenvalue weighted by Crippen LogP contribution is 2.30. The predicted molar refractivity (Wildman–Crippen MR) is 109 cm³/mol. The van der Waals surface area contributed by atoms with E-state index in [1.165, 1.54) is 12.8 Å². The molecule has 0 bridgehead atoms. The monoisotopic (exact) mass is 404 g/mol. The van der Waals surface area contributed by atoms with Gasteiger partial charge in [0.15, 0.2) is 0 Å². The van der Waals surface area contributed by atoms with E-state index in [-0.39, 0.29) is 16.7 Å². The molecule has 8 heteroatoms. The van der Waals surface area contributed by atoms with Crippen molar-refractivity contribution in [3.8, 4) is 0 Å². The van der Waals surface area contributed by atoms with Gasteiger partial charge in [0.25, 0.3) is 10.0 Å². The van der Waals surface area contributed by atoms with Crippen molar-refractivity contribution in [1.82, 2.24) is 9.80 Å². The zero-order valence-corrected chi connectivity index (χ0v) is 17.0. The highest BCUT2D eigenvalue weighted by molar-refractivity contribution is 7.90. The maximum Gasteiger partial charge on any atom is 0.286 e. The minimum atomic E-state index is -3.69. The lowest BCUT2D eigenvalue weighted by Crippen LogP contribution is -2.44. The van der Waals surface area contributed by atoms with Crippen molar-refractivity contribution >= 4 is 27.5 Å². The Hall–Kier alpha value is -1.93. The number of piperidine rings is 1. The molecule has 3 aliphatic heterocycles. The fourth-order valence-electron chi connectivity index (χ4n) is 4.36. The van der Waals surface area contributed by atoms with Gasteiger partial charge in [-0.15, -0.1) is 4.40 Å². The zero-order chi connectivity index (χ0) is 19.6. The fraction of sp³-hybridized carbons (Fsp3) is 0.600. The minimum Gasteiger partial charge on any atom is -0.342 e. The van der Waals surface area contributed by atoms with Crippen molar-refractivity contribution in [2.75, 3.05) is 38.0 Å². The molecule has 28 heavy (non-hydrogen) atoms. The first kappa shape index (κ1) is 19.4. The van der Waals surface area contributed by atoms with E-state index in [2.05, 4.69) is 14.6 Å². The molecule has 0 aliphatic carbocycles. The molecule has 1 amide bonds. The molecule has 0 radical (unpaired) electrons. The molecule has 0 aromatic heterocycles. The van der Waals surface area contributed by atoms with Gasteiger partial charge >= 0.3 is 0 Å². The maximum absolute atomic E-state index is 12.7. The van der Waals surface area contributed by atoms with Crippen molar-refractivity contribution in [2.45, 2.75) is 43.4 Å². The summed E-state index contributed by atoms with van der Waals surface area (Å²) in [5, 5.41) is 3.19. The molecular weight excluding hydrogens is 376 g/mol. The van der Waals surface area contributed by atoms with Gasteiger partial charge in [-0.3, -0.25) is 4.79 Å². The third-order valence-corrected chi connectivity index (χ3v) is 7.22. The van der Waals surface area contributed by atoms with E-state index in [0.29, 0.717) is 24.5 Å². The van der Waals surface area contributed by atoms with E-state index in [0.717, 1.165) is 45.4 Å². The van der Waals surface area contributed by atoms with E-state index in [1.807, 2.05) is 4.90 Å². The quantitative estimate of drug-likeness (QED) is 0.814. The molecule has 2 saturated heterocycles. The molecule has 1 N–H and O–H groups in total. The number of carbonyl (C=O) groups is 1. The van der Waals surface area contributed by atoms with Gasteiger partial charge in [-0.25, -0.2) is 0 Å². The number of hydrogen-bond donors (Lipinski definition) is 1. The van der Waals surface area contributed by atoms with Gasteiger partial charge in [-0.2, -0.15) is 8.42 Å². The Balaban J connectivity index is 1.37. The van der Waals surface area contributed by atoms with Crippen LogP contribution in [0.25, 0.3) is 0 Å². The molecule has 152 valence electrons. The standard InChI is InChI=1S/C20H28N4O3S/c25-19(10-6-13-23-11-3-4-12-23)24-14-5-7-16(15-24)20-21-17-8-1-2-9-18(17)28(26,27)22-20/h1-2,8-9,16H,3-7,10-15H2,(H,21,22)/t16-/m1/s1. The van der Waals surface area contributed by atoms with Gasteiger partial charge in [0.1, 0.15) is 10.7 Å². The first-order chi connectivity index (χ1) is 13.5. The number of likely N-dealkylation sites (tertiary alicyclic amines) is 2. The Morgan fingerprint density at radius 3 is 2.75 bits per heavy atom. The van der Waals surface area contributed by atoms with E-state index in [4.69, 9.17) is 0 Å². The van der Waals surface area contributed by atoms with Crippen LogP contribution in [-0.2, 0) is 14.8 Å². The number of hydrogen-bond acceptors (Lipinski definition) is 5. The summed E-state index contributed by atoms with van der Waals surface area (Å²) in [5.41, 5.74) is 0.571. The molecule has 0 unspecified atom stereocenters. The average molecular weight is 405 g/mol. The normalized spacial score (nSPS) is 24.4. The van der Waals surface area contributed by atoms with E-state index in [9.17, 15) is 13.2 Å². The number of rotatable bonds is 5.